The van der Waals surface area contributed by atoms with Gasteiger partial charge in [-0.1, -0.05) is 38.1 Å². The second-order valence-electron chi connectivity index (χ2n) is 4.89. The molecule has 1 rings (SSSR count). The van der Waals surface area contributed by atoms with Gasteiger partial charge in [0.15, 0.2) is 0 Å². The molecule has 0 aromatic heterocycles. The van der Waals surface area contributed by atoms with E-state index < -0.39 is 5.97 Å². The number of primary amides is 1. The molecular weight excluding hydrogens is 244 g/mol. The summed E-state index contributed by atoms with van der Waals surface area (Å²) >= 11 is 0. The van der Waals surface area contributed by atoms with Crippen molar-refractivity contribution in [1.29, 1.82) is 0 Å². The number of carbonyl (C=O) groups excluding carboxylic acids is 1. The lowest BCUT2D eigenvalue weighted by atomic mass is 10.0. The summed E-state index contributed by atoms with van der Waals surface area (Å²) in [6.45, 7) is 4.38. The minimum atomic E-state index is -0.848. The Bertz CT molecular complexity index is 441. The third-order valence-corrected chi connectivity index (χ3v) is 2.88. The molecule has 1 aromatic rings. The number of aliphatic carboxylic acids is 1. The minimum Gasteiger partial charge on any atom is -0.481 e. The Morgan fingerprint density at radius 1 is 1.21 bits per heavy atom. The first-order valence-electron chi connectivity index (χ1n) is 6.22. The predicted molar refractivity (Wildman–Crippen MR) is 72.4 cm³/mol. The summed E-state index contributed by atoms with van der Waals surface area (Å²) in [5.74, 6) is -1.08. The van der Waals surface area contributed by atoms with E-state index in [2.05, 4.69) is 5.32 Å². The van der Waals surface area contributed by atoms with Crippen LogP contribution in [0.3, 0.4) is 0 Å². The molecule has 0 radical (unpaired) electrons. The van der Waals surface area contributed by atoms with Gasteiger partial charge in [-0.15, -0.1) is 0 Å². The maximum Gasteiger partial charge on any atom is 0.307 e. The van der Waals surface area contributed by atoms with Gasteiger partial charge in [0, 0.05) is 6.54 Å². The summed E-state index contributed by atoms with van der Waals surface area (Å²) in [6.07, 6.45) is 0.0175. The Balaban J connectivity index is 2.58. The highest BCUT2D eigenvalue weighted by Gasteiger charge is 2.18. The molecule has 1 aromatic carbocycles. The van der Waals surface area contributed by atoms with E-state index >= 15 is 0 Å². The number of benzene rings is 1. The van der Waals surface area contributed by atoms with Crippen LogP contribution in [0.4, 0.5) is 0 Å². The molecule has 1 unspecified atom stereocenters. The summed E-state index contributed by atoms with van der Waals surface area (Å²) in [6, 6.07) is 6.89. The predicted octanol–water partition coefficient (Wildman–Crippen LogP) is 0.913. The molecule has 0 bridgehead atoms. The molecule has 0 aliphatic heterocycles. The van der Waals surface area contributed by atoms with Crippen LogP contribution in [0, 0.1) is 5.92 Å². The van der Waals surface area contributed by atoms with E-state index in [-0.39, 0.29) is 24.3 Å². The smallest absolute Gasteiger partial charge is 0.307 e. The molecule has 5 nitrogen and oxygen atoms in total. The van der Waals surface area contributed by atoms with E-state index in [4.69, 9.17) is 10.8 Å². The van der Waals surface area contributed by atoms with Gasteiger partial charge in [0.25, 0.3) is 0 Å². The van der Waals surface area contributed by atoms with Gasteiger partial charge in [-0.05, 0) is 17.0 Å². The zero-order valence-corrected chi connectivity index (χ0v) is 11.2. The van der Waals surface area contributed by atoms with Crippen molar-refractivity contribution in [2.45, 2.75) is 32.9 Å². The standard InChI is InChI=1S/C14H20N2O3/c1-9(2)13(14(15)19)16-8-11-5-3-10(4-6-11)7-12(17)18/h3-6,9,13,16H,7-8H2,1-2H3,(H2,15,19)(H,17,18). The average Bonchev–Trinajstić information content (AvgIpc) is 2.29. The number of rotatable bonds is 7. The van der Waals surface area contributed by atoms with E-state index in [1.807, 2.05) is 26.0 Å². The lowest BCUT2D eigenvalue weighted by molar-refractivity contribution is -0.136. The van der Waals surface area contributed by atoms with Crippen molar-refractivity contribution in [3.63, 3.8) is 0 Å². The lowest BCUT2D eigenvalue weighted by Gasteiger charge is -2.19. The normalized spacial score (nSPS) is 12.4. The van der Waals surface area contributed by atoms with Gasteiger partial charge in [0.1, 0.15) is 0 Å². The van der Waals surface area contributed by atoms with Gasteiger partial charge >= 0.3 is 5.97 Å². The SMILES string of the molecule is CC(C)C(NCc1ccc(CC(=O)O)cc1)C(N)=O. The fourth-order valence-corrected chi connectivity index (χ4v) is 1.84. The number of hydrogen-bond donors (Lipinski definition) is 3. The zero-order valence-electron chi connectivity index (χ0n) is 11.2. The van der Waals surface area contributed by atoms with Gasteiger partial charge in [-0.3, -0.25) is 9.59 Å². The van der Waals surface area contributed by atoms with E-state index in [0.717, 1.165) is 11.1 Å². The average molecular weight is 264 g/mol. The summed E-state index contributed by atoms with van der Waals surface area (Å²) in [5, 5.41) is 11.8. The topological polar surface area (TPSA) is 92.4 Å². The molecule has 0 aliphatic carbocycles. The number of amides is 1. The van der Waals surface area contributed by atoms with Crippen LogP contribution < -0.4 is 11.1 Å². The van der Waals surface area contributed by atoms with Gasteiger partial charge in [-0.2, -0.15) is 0 Å². The Morgan fingerprint density at radius 3 is 2.16 bits per heavy atom. The molecule has 0 saturated heterocycles. The molecule has 0 aliphatic rings. The lowest BCUT2D eigenvalue weighted by Crippen LogP contribution is -2.44. The molecule has 1 amide bonds. The quantitative estimate of drug-likeness (QED) is 0.682. The highest BCUT2D eigenvalue weighted by Crippen LogP contribution is 2.07. The minimum absolute atomic E-state index is 0.0175. The van der Waals surface area contributed by atoms with E-state index in [0.29, 0.717) is 6.54 Å². The zero-order chi connectivity index (χ0) is 14.4. The number of carboxylic acid groups (broad SMARTS) is 1. The van der Waals surface area contributed by atoms with Crippen LogP contribution in [-0.2, 0) is 22.6 Å². The van der Waals surface area contributed by atoms with Crippen molar-refractivity contribution in [3.8, 4) is 0 Å². The Morgan fingerprint density at radius 2 is 1.74 bits per heavy atom. The van der Waals surface area contributed by atoms with Crippen LogP contribution in [0.1, 0.15) is 25.0 Å². The molecule has 4 N–H and O–H groups in total. The van der Waals surface area contributed by atoms with E-state index in [9.17, 15) is 9.59 Å². The van der Waals surface area contributed by atoms with Crippen molar-refractivity contribution in [2.24, 2.45) is 11.7 Å². The molecule has 19 heavy (non-hydrogen) atoms. The largest absolute Gasteiger partial charge is 0.481 e. The van der Waals surface area contributed by atoms with E-state index in [1.54, 1.807) is 12.1 Å². The van der Waals surface area contributed by atoms with Gasteiger partial charge in [0.2, 0.25) is 5.91 Å². The van der Waals surface area contributed by atoms with Gasteiger partial charge in [0.05, 0.1) is 12.5 Å². The van der Waals surface area contributed by atoms with Crippen LogP contribution in [0.2, 0.25) is 0 Å². The summed E-state index contributed by atoms with van der Waals surface area (Å²) in [7, 11) is 0. The van der Waals surface area contributed by atoms with Crippen molar-refractivity contribution in [1.82, 2.24) is 5.32 Å². The molecule has 5 heteroatoms. The van der Waals surface area contributed by atoms with Crippen molar-refractivity contribution in [3.05, 3.63) is 35.4 Å². The van der Waals surface area contributed by atoms with Crippen LogP contribution in [0.5, 0.6) is 0 Å². The van der Waals surface area contributed by atoms with Gasteiger partial charge in [-0.25, -0.2) is 0 Å². The second kappa shape index (κ2) is 6.89. The maximum absolute atomic E-state index is 11.2. The summed E-state index contributed by atoms with van der Waals surface area (Å²) in [4.78, 5) is 21.8. The number of nitrogens with one attached hydrogen (secondary N) is 1. The highest BCUT2D eigenvalue weighted by atomic mass is 16.4. The first-order chi connectivity index (χ1) is 8.90. The van der Waals surface area contributed by atoms with Crippen molar-refractivity contribution < 1.29 is 14.7 Å². The molecule has 1 atom stereocenters. The monoisotopic (exact) mass is 264 g/mol. The molecular formula is C14H20N2O3. The summed E-state index contributed by atoms with van der Waals surface area (Å²) < 4.78 is 0. The Labute approximate surface area is 112 Å². The summed E-state index contributed by atoms with van der Waals surface area (Å²) in [5.41, 5.74) is 7.06. The molecule has 0 fully saturated rings. The van der Waals surface area contributed by atoms with Gasteiger partial charge < -0.3 is 16.2 Å². The second-order valence-corrected chi connectivity index (χ2v) is 4.89. The maximum atomic E-state index is 11.2. The molecule has 0 saturated carbocycles. The van der Waals surface area contributed by atoms with Crippen LogP contribution >= 0.6 is 0 Å². The third kappa shape index (κ3) is 5.09. The Kier molecular flexibility index (Phi) is 5.51. The van der Waals surface area contributed by atoms with Crippen molar-refractivity contribution in [2.75, 3.05) is 0 Å². The third-order valence-electron chi connectivity index (χ3n) is 2.88. The molecule has 104 valence electrons. The number of carboxylic acids is 1. The Hall–Kier alpha value is -1.88. The van der Waals surface area contributed by atoms with Crippen LogP contribution in [0.25, 0.3) is 0 Å². The fourth-order valence-electron chi connectivity index (χ4n) is 1.84. The van der Waals surface area contributed by atoms with E-state index in [1.165, 1.54) is 0 Å². The van der Waals surface area contributed by atoms with Crippen LogP contribution in [0.15, 0.2) is 24.3 Å². The van der Waals surface area contributed by atoms with Crippen molar-refractivity contribution >= 4 is 11.9 Å². The molecule has 0 heterocycles. The number of nitrogens with two attached hydrogens (primary N) is 1. The first kappa shape index (κ1) is 15.2. The molecule has 0 spiro atoms. The first-order valence-corrected chi connectivity index (χ1v) is 6.22. The highest BCUT2D eigenvalue weighted by molar-refractivity contribution is 5.80. The fraction of sp³-hybridized carbons (Fsp3) is 0.429. The number of hydrogen-bond acceptors (Lipinski definition) is 3. The number of carbonyl (C=O) groups is 2. The van der Waals surface area contributed by atoms with Crippen LogP contribution in [-0.4, -0.2) is 23.0 Å².